The first-order valence-electron chi connectivity index (χ1n) is 12.0. The van der Waals surface area contributed by atoms with Gasteiger partial charge in [-0.15, -0.1) is 0 Å². The molecule has 3 aromatic carbocycles. The maximum absolute atomic E-state index is 13.3. The van der Waals surface area contributed by atoms with E-state index < -0.39 is 6.04 Å². The number of benzene rings is 3. The summed E-state index contributed by atoms with van der Waals surface area (Å²) in [7, 11) is 0. The number of hydrogen-bond donors (Lipinski definition) is 1. The maximum atomic E-state index is 13.3. The van der Waals surface area contributed by atoms with Crippen molar-refractivity contribution in [2.24, 2.45) is 0 Å². The number of carbonyl (C=O) groups excluding carboxylic acids is 3. The van der Waals surface area contributed by atoms with E-state index in [1.165, 1.54) is 4.90 Å². The number of fused-ring (bicyclic) bond motifs is 1. The van der Waals surface area contributed by atoms with Gasteiger partial charge in [0, 0.05) is 30.6 Å². The van der Waals surface area contributed by atoms with Gasteiger partial charge in [0.25, 0.3) is 5.91 Å². The van der Waals surface area contributed by atoms with E-state index in [-0.39, 0.29) is 36.5 Å². The molecular formula is C28H26N4O3. The van der Waals surface area contributed by atoms with Gasteiger partial charge in [-0.1, -0.05) is 78.9 Å². The van der Waals surface area contributed by atoms with Crippen LogP contribution in [0.5, 0.6) is 0 Å². The standard InChI is InChI=1S/C28H26N4O3/c33-26-25-18-30(27(34)29-23-14-8-7-13-21(23)19-9-3-1-4-10-19)15-16-31(25)28(35)32(26)24-17-22(24)20-11-5-2-6-12-20/h1-14,22,24-25H,15-18H2,(H,29,34)/t22-,24+,25+/m1/s1. The third-order valence-electron chi connectivity index (χ3n) is 7.21. The van der Waals surface area contributed by atoms with E-state index in [0.717, 1.165) is 23.1 Å². The first kappa shape index (κ1) is 21.4. The number of imide groups is 1. The molecule has 5 amide bonds. The van der Waals surface area contributed by atoms with Gasteiger partial charge in [0.05, 0.1) is 12.2 Å². The van der Waals surface area contributed by atoms with Crippen LogP contribution in [0.15, 0.2) is 84.9 Å². The van der Waals surface area contributed by atoms with Gasteiger partial charge in [0.2, 0.25) is 0 Å². The van der Waals surface area contributed by atoms with Crippen LogP contribution in [0.2, 0.25) is 0 Å². The van der Waals surface area contributed by atoms with Crippen molar-refractivity contribution in [3.8, 4) is 11.1 Å². The highest BCUT2D eigenvalue weighted by molar-refractivity contribution is 6.06. The van der Waals surface area contributed by atoms with Crippen molar-refractivity contribution in [1.29, 1.82) is 0 Å². The molecule has 35 heavy (non-hydrogen) atoms. The van der Waals surface area contributed by atoms with E-state index in [1.54, 1.807) is 9.80 Å². The number of nitrogens with zero attached hydrogens (tertiary/aromatic N) is 3. The molecule has 176 valence electrons. The molecule has 0 bridgehead atoms. The molecule has 7 heteroatoms. The van der Waals surface area contributed by atoms with Crippen LogP contribution in [0.25, 0.3) is 11.1 Å². The summed E-state index contributed by atoms with van der Waals surface area (Å²) in [6, 6.07) is 26.4. The van der Waals surface area contributed by atoms with Crippen molar-refractivity contribution >= 4 is 23.7 Å². The van der Waals surface area contributed by atoms with Crippen LogP contribution in [0.4, 0.5) is 15.3 Å². The summed E-state index contributed by atoms with van der Waals surface area (Å²) in [5, 5.41) is 3.02. The quantitative estimate of drug-likeness (QED) is 0.580. The summed E-state index contributed by atoms with van der Waals surface area (Å²) in [5.74, 6) is -0.0000373. The highest BCUT2D eigenvalue weighted by atomic mass is 16.2. The minimum atomic E-state index is -0.622. The topological polar surface area (TPSA) is 73.0 Å². The van der Waals surface area contributed by atoms with Gasteiger partial charge in [0.15, 0.2) is 0 Å². The van der Waals surface area contributed by atoms with Crippen molar-refractivity contribution in [3.05, 3.63) is 90.5 Å². The third kappa shape index (κ3) is 3.83. The molecule has 2 heterocycles. The molecule has 7 nitrogen and oxygen atoms in total. The molecule has 3 aliphatic rings. The highest BCUT2D eigenvalue weighted by Crippen LogP contribution is 2.46. The summed E-state index contributed by atoms with van der Waals surface area (Å²) in [5.41, 5.74) is 3.81. The summed E-state index contributed by atoms with van der Waals surface area (Å²) < 4.78 is 0. The molecule has 3 fully saturated rings. The minimum Gasteiger partial charge on any atom is -0.320 e. The Morgan fingerprint density at radius 1 is 0.829 bits per heavy atom. The average Bonchev–Trinajstić information content (AvgIpc) is 3.65. The van der Waals surface area contributed by atoms with Crippen molar-refractivity contribution in [2.45, 2.75) is 24.4 Å². The van der Waals surface area contributed by atoms with Crippen molar-refractivity contribution < 1.29 is 14.4 Å². The van der Waals surface area contributed by atoms with Gasteiger partial charge in [-0.3, -0.25) is 9.69 Å². The van der Waals surface area contributed by atoms with Crippen LogP contribution in [-0.2, 0) is 4.79 Å². The van der Waals surface area contributed by atoms with Crippen LogP contribution >= 0.6 is 0 Å². The molecule has 0 unspecified atom stereocenters. The van der Waals surface area contributed by atoms with Gasteiger partial charge < -0.3 is 15.1 Å². The molecule has 0 radical (unpaired) electrons. The van der Waals surface area contributed by atoms with Gasteiger partial charge in [-0.25, -0.2) is 9.59 Å². The number of piperazine rings is 1. The second kappa shape index (κ2) is 8.58. The highest BCUT2D eigenvalue weighted by Gasteiger charge is 2.56. The Bertz CT molecular complexity index is 1280. The number of urea groups is 2. The van der Waals surface area contributed by atoms with Gasteiger partial charge in [-0.05, 0) is 23.6 Å². The minimum absolute atomic E-state index is 0.0944. The molecule has 1 aliphatic carbocycles. The molecule has 0 aromatic heterocycles. The van der Waals surface area contributed by atoms with Crippen LogP contribution in [0.3, 0.4) is 0 Å². The molecule has 1 saturated carbocycles. The zero-order chi connectivity index (χ0) is 23.9. The first-order chi connectivity index (χ1) is 17.1. The van der Waals surface area contributed by atoms with Crippen molar-refractivity contribution in [1.82, 2.24) is 14.7 Å². The van der Waals surface area contributed by atoms with Crippen molar-refractivity contribution in [3.63, 3.8) is 0 Å². The Morgan fingerprint density at radius 2 is 1.51 bits per heavy atom. The Morgan fingerprint density at radius 3 is 2.29 bits per heavy atom. The molecular weight excluding hydrogens is 440 g/mol. The summed E-state index contributed by atoms with van der Waals surface area (Å²) in [4.78, 5) is 44.3. The summed E-state index contributed by atoms with van der Waals surface area (Å²) in [6.07, 6.45) is 0.794. The molecule has 2 saturated heterocycles. The first-order valence-corrected chi connectivity index (χ1v) is 12.0. The molecule has 0 spiro atoms. The number of nitrogens with one attached hydrogen (secondary N) is 1. The number of anilines is 1. The lowest BCUT2D eigenvalue weighted by Crippen LogP contribution is -2.55. The fourth-order valence-corrected chi connectivity index (χ4v) is 5.29. The molecule has 1 N–H and O–H groups in total. The number of para-hydroxylation sites is 1. The fraction of sp³-hybridized carbons (Fsp3) is 0.250. The summed E-state index contributed by atoms with van der Waals surface area (Å²) >= 11 is 0. The van der Waals surface area contributed by atoms with Gasteiger partial charge >= 0.3 is 12.1 Å². The number of rotatable bonds is 4. The SMILES string of the molecule is O=C(Nc1ccccc1-c1ccccc1)N1CCN2C(=O)N([C@H]3C[C@@H]3c3ccccc3)C(=O)[C@@H]2C1. The molecule has 3 atom stereocenters. The van der Waals surface area contributed by atoms with Crippen LogP contribution in [-0.4, -0.2) is 64.4 Å². The average molecular weight is 467 g/mol. The number of hydrogen-bond acceptors (Lipinski definition) is 3. The lowest BCUT2D eigenvalue weighted by Gasteiger charge is -2.35. The van der Waals surface area contributed by atoms with E-state index >= 15 is 0 Å². The lowest BCUT2D eigenvalue weighted by molar-refractivity contribution is -0.129. The second-order valence-electron chi connectivity index (χ2n) is 9.31. The Balaban J connectivity index is 1.15. The van der Waals surface area contributed by atoms with Crippen LogP contribution in [0, 0.1) is 0 Å². The number of carbonyl (C=O) groups is 3. The molecule has 3 aromatic rings. The normalized spacial score (nSPS) is 23.3. The molecule has 6 rings (SSSR count). The second-order valence-corrected chi connectivity index (χ2v) is 9.31. The number of amides is 5. The lowest BCUT2D eigenvalue weighted by atomic mass is 10.0. The van der Waals surface area contributed by atoms with E-state index in [2.05, 4.69) is 5.32 Å². The zero-order valence-electron chi connectivity index (χ0n) is 19.2. The molecule has 2 aliphatic heterocycles. The van der Waals surface area contributed by atoms with E-state index in [9.17, 15) is 14.4 Å². The summed E-state index contributed by atoms with van der Waals surface area (Å²) in [6.45, 7) is 0.931. The van der Waals surface area contributed by atoms with Crippen LogP contribution < -0.4 is 5.32 Å². The smallest absolute Gasteiger partial charge is 0.320 e. The van der Waals surface area contributed by atoms with E-state index in [0.29, 0.717) is 18.8 Å². The zero-order valence-corrected chi connectivity index (χ0v) is 19.2. The Labute approximate surface area is 203 Å². The predicted octanol–water partition coefficient (Wildman–Crippen LogP) is 4.39. The fourth-order valence-electron chi connectivity index (χ4n) is 5.29. The monoisotopic (exact) mass is 466 g/mol. The van der Waals surface area contributed by atoms with Crippen LogP contribution in [0.1, 0.15) is 17.9 Å². The largest absolute Gasteiger partial charge is 0.327 e. The maximum Gasteiger partial charge on any atom is 0.327 e. The Kier molecular flexibility index (Phi) is 5.25. The van der Waals surface area contributed by atoms with E-state index in [1.807, 2.05) is 84.9 Å². The predicted molar refractivity (Wildman–Crippen MR) is 133 cm³/mol. The Hall–Kier alpha value is -4.13. The van der Waals surface area contributed by atoms with Crippen molar-refractivity contribution in [2.75, 3.05) is 25.0 Å². The van der Waals surface area contributed by atoms with Gasteiger partial charge in [0.1, 0.15) is 6.04 Å². The third-order valence-corrected chi connectivity index (χ3v) is 7.21. The van der Waals surface area contributed by atoms with E-state index in [4.69, 9.17) is 0 Å². The van der Waals surface area contributed by atoms with Gasteiger partial charge in [-0.2, -0.15) is 0 Å².